The number of morpholine rings is 1. The van der Waals surface area contributed by atoms with Gasteiger partial charge in [0.15, 0.2) is 28.9 Å². The van der Waals surface area contributed by atoms with Gasteiger partial charge in [-0.25, -0.2) is 4.68 Å². The van der Waals surface area contributed by atoms with Crippen molar-refractivity contribution in [2.45, 2.75) is 25.2 Å². The Hall–Kier alpha value is -4.63. The first-order valence-corrected chi connectivity index (χ1v) is 11.2. The van der Waals surface area contributed by atoms with E-state index in [4.69, 9.17) is 15.0 Å². The van der Waals surface area contributed by atoms with Crippen LogP contribution in [0.2, 0.25) is 0 Å². The van der Waals surface area contributed by atoms with E-state index in [-0.39, 0.29) is 40.7 Å². The molecule has 1 saturated heterocycles. The molecule has 13 nitrogen and oxygen atoms in total. The van der Waals surface area contributed by atoms with Gasteiger partial charge in [0.1, 0.15) is 0 Å². The van der Waals surface area contributed by atoms with Crippen LogP contribution in [-0.2, 0) is 14.3 Å². The van der Waals surface area contributed by atoms with Crippen LogP contribution in [0.1, 0.15) is 13.5 Å². The summed E-state index contributed by atoms with van der Waals surface area (Å²) in [5, 5.41) is 22.0. The molecule has 0 aliphatic carbocycles. The lowest BCUT2D eigenvalue weighted by Gasteiger charge is -2.37. The zero-order chi connectivity index (χ0) is 27.2. The Labute approximate surface area is 212 Å². The largest absolute Gasteiger partial charge is 0.380 e. The minimum atomic E-state index is -3.04. The number of pyridine rings is 1. The smallest absolute Gasteiger partial charge is 0.321 e. The molecule has 0 unspecified atom stereocenters. The maximum absolute atomic E-state index is 13.3. The Kier molecular flexibility index (Phi) is 6.16. The molecule has 2 amide bonds. The predicted octanol–water partition coefficient (Wildman–Crippen LogP) is 1.27. The summed E-state index contributed by atoms with van der Waals surface area (Å²) in [7, 11) is 0. The number of hydrogen-bond donors (Lipinski definition) is 3. The quantitative estimate of drug-likeness (QED) is 0.333. The van der Waals surface area contributed by atoms with Crippen LogP contribution in [0.3, 0.4) is 0 Å². The van der Waals surface area contributed by atoms with Crippen LogP contribution in [-0.4, -0.2) is 61.3 Å². The van der Waals surface area contributed by atoms with Crippen molar-refractivity contribution in [1.29, 1.82) is 0 Å². The number of benzene rings is 1. The number of carbonyl (C=O) groups excluding carboxylic acids is 2. The monoisotopic (exact) mass is 529 g/mol. The average Bonchev–Trinajstić information content (AvgIpc) is 3.51. The fourth-order valence-corrected chi connectivity index (χ4v) is 4.01. The van der Waals surface area contributed by atoms with Gasteiger partial charge in [-0.2, -0.15) is 8.78 Å². The van der Waals surface area contributed by atoms with Gasteiger partial charge in [0.25, 0.3) is 17.4 Å². The number of aromatic nitrogens is 4. The van der Waals surface area contributed by atoms with Gasteiger partial charge in [-0.3, -0.25) is 23.9 Å². The van der Waals surface area contributed by atoms with Gasteiger partial charge < -0.3 is 25.4 Å². The summed E-state index contributed by atoms with van der Waals surface area (Å²) < 4.78 is 38.2. The lowest BCUT2D eigenvalue weighted by atomic mass is 9.95. The fourth-order valence-electron chi connectivity index (χ4n) is 4.01. The number of aliphatic hydroxyl groups is 1. The first kappa shape index (κ1) is 25.0. The maximum Gasteiger partial charge on any atom is 0.321 e. The van der Waals surface area contributed by atoms with Crippen LogP contribution < -0.4 is 21.5 Å². The molecular formula is C23H21F2N7O6. The molecule has 4 N–H and O–H groups in total. The average molecular weight is 529 g/mol. The van der Waals surface area contributed by atoms with E-state index in [9.17, 15) is 28.3 Å². The van der Waals surface area contributed by atoms with Crippen LogP contribution >= 0.6 is 0 Å². The Balaban J connectivity index is 1.34. The van der Waals surface area contributed by atoms with Crippen molar-refractivity contribution in [2.75, 3.05) is 29.1 Å². The number of rotatable bonds is 6. The van der Waals surface area contributed by atoms with Gasteiger partial charge in [0.05, 0.1) is 24.2 Å². The highest BCUT2D eigenvalue weighted by molar-refractivity contribution is 6.06. The molecule has 15 heteroatoms. The third-order valence-electron chi connectivity index (χ3n) is 6.07. The molecule has 0 saturated carbocycles. The summed E-state index contributed by atoms with van der Waals surface area (Å²) in [6.45, 7) is -1.86. The Morgan fingerprint density at radius 2 is 2.05 bits per heavy atom. The number of ether oxygens (including phenoxy) is 1. The number of amides is 2. The zero-order valence-corrected chi connectivity index (χ0v) is 19.7. The summed E-state index contributed by atoms with van der Waals surface area (Å²) in [5.74, 6) is -1.34. The van der Waals surface area contributed by atoms with Crippen molar-refractivity contribution in [1.82, 2.24) is 19.5 Å². The Morgan fingerprint density at radius 1 is 1.26 bits per heavy atom. The first-order valence-electron chi connectivity index (χ1n) is 11.2. The van der Waals surface area contributed by atoms with Crippen molar-refractivity contribution in [3.05, 3.63) is 59.1 Å². The number of hydrogen-bond acceptors (Lipinski definition) is 9. The van der Waals surface area contributed by atoms with E-state index in [1.807, 2.05) is 0 Å². The number of anilines is 3. The molecule has 0 bridgehead atoms. The van der Waals surface area contributed by atoms with Crippen molar-refractivity contribution < 1.29 is 32.7 Å². The highest BCUT2D eigenvalue weighted by Crippen LogP contribution is 2.27. The topological polar surface area (TPSA) is 171 Å². The van der Waals surface area contributed by atoms with Crippen molar-refractivity contribution >= 4 is 40.1 Å². The summed E-state index contributed by atoms with van der Waals surface area (Å²) in [4.78, 5) is 39.1. The van der Waals surface area contributed by atoms with Gasteiger partial charge in [-0.1, -0.05) is 5.16 Å². The number of fused-ring (bicyclic) bond motifs is 1. The molecule has 1 aliphatic rings. The minimum absolute atomic E-state index is 0.0216. The lowest BCUT2D eigenvalue weighted by Crippen LogP contribution is -2.61. The zero-order valence-electron chi connectivity index (χ0n) is 19.7. The second-order valence-electron chi connectivity index (χ2n) is 8.65. The van der Waals surface area contributed by atoms with Gasteiger partial charge >= 0.3 is 6.55 Å². The summed E-state index contributed by atoms with van der Waals surface area (Å²) in [6, 6.07) is 8.31. The lowest BCUT2D eigenvalue weighted by molar-refractivity contribution is -0.165. The Morgan fingerprint density at radius 3 is 2.82 bits per heavy atom. The molecule has 1 aliphatic heterocycles. The van der Waals surface area contributed by atoms with E-state index < -0.39 is 35.6 Å². The molecule has 1 fully saturated rings. The number of nitrogens with two attached hydrogens (primary N) is 1. The third kappa shape index (κ3) is 4.37. The second-order valence-corrected chi connectivity index (χ2v) is 8.65. The molecule has 1 aromatic carbocycles. The molecule has 38 heavy (non-hydrogen) atoms. The first-order chi connectivity index (χ1) is 18.1. The number of nitrogens with one attached hydrogen (secondary N) is 1. The molecule has 2 atom stereocenters. The van der Waals surface area contributed by atoms with Crippen molar-refractivity contribution in [2.24, 2.45) is 0 Å². The summed E-state index contributed by atoms with van der Waals surface area (Å²) in [5.41, 5.74) is 3.26. The van der Waals surface area contributed by atoms with Crippen LogP contribution in [0.4, 0.5) is 26.1 Å². The van der Waals surface area contributed by atoms with E-state index in [1.165, 1.54) is 40.0 Å². The molecule has 198 valence electrons. The minimum Gasteiger partial charge on any atom is -0.380 e. The molecular weight excluding hydrogens is 508 g/mol. The van der Waals surface area contributed by atoms with Gasteiger partial charge in [0.2, 0.25) is 0 Å². The summed E-state index contributed by atoms with van der Waals surface area (Å²) in [6.07, 6.45) is 0.777. The van der Waals surface area contributed by atoms with Crippen molar-refractivity contribution in [3.63, 3.8) is 0 Å². The molecule has 0 spiro atoms. The van der Waals surface area contributed by atoms with Gasteiger partial charge in [0, 0.05) is 36.3 Å². The van der Waals surface area contributed by atoms with E-state index in [0.29, 0.717) is 11.0 Å². The van der Waals surface area contributed by atoms with Crippen LogP contribution in [0.15, 0.2) is 58.1 Å². The van der Waals surface area contributed by atoms with Gasteiger partial charge in [-0.05, 0) is 25.1 Å². The Bertz CT molecular complexity index is 1590. The van der Waals surface area contributed by atoms with E-state index in [1.54, 1.807) is 6.07 Å². The fraction of sp³-hybridized carbons (Fsp3) is 0.261. The number of alkyl halides is 2. The molecule has 3 aromatic heterocycles. The predicted molar refractivity (Wildman–Crippen MR) is 129 cm³/mol. The molecule has 4 aromatic rings. The third-order valence-corrected chi connectivity index (χ3v) is 6.07. The van der Waals surface area contributed by atoms with Crippen molar-refractivity contribution in [3.8, 4) is 5.69 Å². The number of halogens is 2. The van der Waals surface area contributed by atoms with Crippen LogP contribution in [0.25, 0.3) is 16.7 Å². The molecule has 4 heterocycles. The molecule has 5 rings (SSSR count). The number of nitrogens with zero attached hydrogens (tertiary/aromatic N) is 5. The van der Waals surface area contributed by atoms with Gasteiger partial charge in [-0.15, -0.1) is 5.10 Å². The standard InChI is InChI=1S/C23H21F2N7O6/c1-23(36,21(35)27-12-2-4-14-15(10-12)38-29-19(14)26)18-20(34)30(8-9-37-18)16-6-7-32(28-16)13-3-5-17(33)31(11-13)22(24)25/h2-7,10-11,18,22,36H,8-9H2,1H3,(H2,26,29)(H,27,35)/t18-,23+/m0/s1. The summed E-state index contributed by atoms with van der Waals surface area (Å²) >= 11 is 0. The van der Waals surface area contributed by atoms with E-state index >= 15 is 0 Å². The normalized spacial score (nSPS) is 17.7. The second kappa shape index (κ2) is 9.35. The number of nitrogen functional groups attached to an aromatic ring is 1. The molecule has 0 radical (unpaired) electrons. The SMILES string of the molecule is C[C@](O)(C(=O)Nc1ccc2c(N)noc2c1)[C@H]1OCCN(c2ccn(-c3ccc(=O)n(C(F)F)c3)n2)C1=O. The van der Waals surface area contributed by atoms with Crippen LogP contribution in [0.5, 0.6) is 0 Å². The van der Waals surface area contributed by atoms with Crippen LogP contribution in [0, 0.1) is 0 Å². The van der Waals surface area contributed by atoms with E-state index in [0.717, 1.165) is 19.2 Å². The number of carbonyl (C=O) groups is 2. The highest BCUT2D eigenvalue weighted by Gasteiger charge is 2.49. The highest BCUT2D eigenvalue weighted by atomic mass is 19.3. The maximum atomic E-state index is 13.3. The van der Waals surface area contributed by atoms with E-state index in [2.05, 4.69) is 15.6 Å².